The Morgan fingerprint density at radius 2 is 2.19 bits per heavy atom. The van der Waals surface area contributed by atoms with E-state index in [9.17, 15) is 5.26 Å². The van der Waals surface area contributed by atoms with Crippen LogP contribution in [0.5, 0.6) is 5.75 Å². The van der Waals surface area contributed by atoms with Gasteiger partial charge in [0.15, 0.2) is 0 Å². The maximum atomic E-state index is 9.24. The van der Waals surface area contributed by atoms with Crippen molar-refractivity contribution in [3.05, 3.63) is 41.4 Å². The lowest BCUT2D eigenvalue weighted by atomic mass is 10.1. The number of anilines is 3. The first kappa shape index (κ1) is 13.2. The van der Waals surface area contributed by atoms with Crippen molar-refractivity contribution in [2.45, 2.75) is 0 Å². The average Bonchev–Trinajstić information content (AvgIpc) is 2.99. The van der Waals surface area contributed by atoms with E-state index in [1.54, 1.807) is 30.8 Å². The van der Waals surface area contributed by atoms with E-state index in [1.165, 1.54) is 11.3 Å². The first-order chi connectivity index (χ1) is 10.2. The number of nitriles is 1. The standard InChI is InChI=1S/C15H12N4OS/c1-20-11-4-2-3-9(7-16)14(11)19-10-5-6-12-15(13(10)17)18-8-21-12/h2-6,8,19H,17H2,1H3. The van der Waals surface area contributed by atoms with Gasteiger partial charge in [-0.15, -0.1) is 11.3 Å². The van der Waals surface area contributed by atoms with Crippen LogP contribution < -0.4 is 15.8 Å². The van der Waals surface area contributed by atoms with Crippen LogP contribution in [0.1, 0.15) is 5.56 Å². The molecule has 21 heavy (non-hydrogen) atoms. The van der Waals surface area contributed by atoms with Crippen molar-refractivity contribution in [1.82, 2.24) is 4.98 Å². The summed E-state index contributed by atoms with van der Waals surface area (Å²) < 4.78 is 6.33. The molecule has 0 radical (unpaired) electrons. The van der Waals surface area contributed by atoms with Gasteiger partial charge in [-0.3, -0.25) is 0 Å². The fourth-order valence-corrected chi connectivity index (χ4v) is 2.81. The van der Waals surface area contributed by atoms with Crippen LogP contribution in [0.2, 0.25) is 0 Å². The molecule has 0 aliphatic heterocycles. The predicted molar refractivity (Wildman–Crippen MR) is 85.0 cm³/mol. The molecule has 104 valence electrons. The summed E-state index contributed by atoms with van der Waals surface area (Å²) in [5.41, 5.74) is 11.0. The molecule has 2 aromatic carbocycles. The summed E-state index contributed by atoms with van der Waals surface area (Å²) >= 11 is 1.54. The van der Waals surface area contributed by atoms with E-state index in [2.05, 4.69) is 16.4 Å². The second-order valence-electron chi connectivity index (χ2n) is 4.35. The molecule has 6 heteroatoms. The third-order valence-corrected chi connectivity index (χ3v) is 3.96. The Bertz CT molecular complexity index is 850. The van der Waals surface area contributed by atoms with Crippen LogP contribution in [-0.4, -0.2) is 12.1 Å². The fourth-order valence-electron chi connectivity index (χ4n) is 2.12. The van der Waals surface area contributed by atoms with Gasteiger partial charge in [-0.05, 0) is 24.3 Å². The molecule has 3 rings (SSSR count). The van der Waals surface area contributed by atoms with Crippen molar-refractivity contribution in [2.75, 3.05) is 18.2 Å². The number of methoxy groups -OCH3 is 1. The number of nitrogens with zero attached hydrogens (tertiary/aromatic N) is 2. The molecular weight excluding hydrogens is 284 g/mol. The van der Waals surface area contributed by atoms with Gasteiger partial charge in [-0.2, -0.15) is 5.26 Å². The monoisotopic (exact) mass is 296 g/mol. The molecule has 0 atom stereocenters. The Morgan fingerprint density at radius 1 is 1.33 bits per heavy atom. The van der Waals surface area contributed by atoms with Gasteiger partial charge in [0.25, 0.3) is 0 Å². The molecule has 0 spiro atoms. The number of benzene rings is 2. The van der Waals surface area contributed by atoms with Gasteiger partial charge in [0.05, 0.1) is 39.9 Å². The molecule has 0 saturated heterocycles. The number of hydrogen-bond acceptors (Lipinski definition) is 6. The molecule has 0 aliphatic carbocycles. The number of nitrogens with one attached hydrogen (secondary N) is 1. The molecule has 0 bridgehead atoms. The van der Waals surface area contributed by atoms with E-state index in [1.807, 2.05) is 12.1 Å². The van der Waals surface area contributed by atoms with Crippen molar-refractivity contribution >= 4 is 38.6 Å². The number of ether oxygens (including phenoxy) is 1. The molecule has 0 saturated carbocycles. The number of fused-ring (bicyclic) bond motifs is 1. The minimum absolute atomic E-state index is 0.493. The van der Waals surface area contributed by atoms with Gasteiger partial charge in [0, 0.05) is 0 Å². The summed E-state index contributed by atoms with van der Waals surface area (Å²) in [4.78, 5) is 4.26. The molecule has 1 aromatic heterocycles. The molecule has 5 nitrogen and oxygen atoms in total. The van der Waals surface area contributed by atoms with E-state index in [0.29, 0.717) is 28.4 Å². The van der Waals surface area contributed by atoms with Crippen LogP contribution in [0.25, 0.3) is 10.2 Å². The Hall–Kier alpha value is -2.78. The number of hydrogen-bond donors (Lipinski definition) is 2. The lowest BCUT2D eigenvalue weighted by Crippen LogP contribution is -2.01. The topological polar surface area (TPSA) is 84.0 Å². The third-order valence-electron chi connectivity index (χ3n) is 3.17. The Kier molecular flexibility index (Phi) is 3.34. The Balaban J connectivity index is 2.10. The van der Waals surface area contributed by atoms with Crippen LogP contribution >= 0.6 is 11.3 Å². The van der Waals surface area contributed by atoms with Gasteiger partial charge in [-0.1, -0.05) is 6.07 Å². The number of para-hydroxylation sites is 1. The smallest absolute Gasteiger partial charge is 0.143 e. The number of rotatable bonds is 3. The van der Waals surface area contributed by atoms with Gasteiger partial charge >= 0.3 is 0 Å². The summed E-state index contributed by atoms with van der Waals surface area (Å²) in [6.45, 7) is 0. The SMILES string of the molecule is COc1cccc(C#N)c1Nc1ccc2scnc2c1N. The first-order valence-corrected chi connectivity index (χ1v) is 7.08. The van der Waals surface area contributed by atoms with Crippen molar-refractivity contribution in [3.8, 4) is 11.8 Å². The molecule has 0 amide bonds. The summed E-state index contributed by atoms with van der Waals surface area (Å²) in [6.07, 6.45) is 0. The van der Waals surface area contributed by atoms with E-state index >= 15 is 0 Å². The van der Waals surface area contributed by atoms with Crippen LogP contribution in [-0.2, 0) is 0 Å². The molecule has 1 heterocycles. The highest BCUT2D eigenvalue weighted by Gasteiger charge is 2.12. The first-order valence-electron chi connectivity index (χ1n) is 6.20. The summed E-state index contributed by atoms with van der Waals surface area (Å²) in [6, 6.07) is 11.3. The van der Waals surface area contributed by atoms with Crippen molar-refractivity contribution in [2.24, 2.45) is 0 Å². The zero-order valence-electron chi connectivity index (χ0n) is 11.3. The summed E-state index contributed by atoms with van der Waals surface area (Å²) in [7, 11) is 1.56. The highest BCUT2D eigenvalue weighted by Crippen LogP contribution is 2.36. The minimum Gasteiger partial charge on any atom is -0.495 e. The lowest BCUT2D eigenvalue weighted by Gasteiger charge is -2.14. The van der Waals surface area contributed by atoms with Gasteiger partial charge < -0.3 is 15.8 Å². The largest absolute Gasteiger partial charge is 0.495 e. The normalized spacial score (nSPS) is 10.3. The minimum atomic E-state index is 0.493. The van der Waals surface area contributed by atoms with Gasteiger partial charge in [0.2, 0.25) is 0 Å². The molecular formula is C15H12N4OS. The molecule has 3 aromatic rings. The zero-order valence-corrected chi connectivity index (χ0v) is 12.1. The van der Waals surface area contributed by atoms with Gasteiger partial charge in [0.1, 0.15) is 17.3 Å². The van der Waals surface area contributed by atoms with Gasteiger partial charge in [-0.25, -0.2) is 4.98 Å². The van der Waals surface area contributed by atoms with Crippen LogP contribution in [0.15, 0.2) is 35.8 Å². The zero-order chi connectivity index (χ0) is 14.8. The predicted octanol–water partition coefficient (Wildman–Crippen LogP) is 3.50. The maximum Gasteiger partial charge on any atom is 0.143 e. The van der Waals surface area contributed by atoms with Crippen molar-refractivity contribution in [3.63, 3.8) is 0 Å². The van der Waals surface area contributed by atoms with Crippen molar-refractivity contribution < 1.29 is 4.74 Å². The molecule has 0 fully saturated rings. The van der Waals surface area contributed by atoms with Crippen molar-refractivity contribution in [1.29, 1.82) is 5.26 Å². The number of nitrogen functional groups attached to an aromatic ring is 1. The average molecular weight is 296 g/mol. The number of aromatic nitrogens is 1. The van der Waals surface area contributed by atoms with Crippen LogP contribution in [0.3, 0.4) is 0 Å². The number of thiazole rings is 1. The van der Waals surface area contributed by atoms with Crippen LogP contribution in [0, 0.1) is 11.3 Å². The maximum absolute atomic E-state index is 9.24. The number of nitrogens with two attached hydrogens (primary N) is 1. The molecule has 0 aliphatic rings. The van der Waals surface area contributed by atoms with E-state index in [0.717, 1.165) is 10.2 Å². The summed E-state index contributed by atoms with van der Waals surface area (Å²) in [5.74, 6) is 0.590. The second kappa shape index (κ2) is 5.31. The van der Waals surface area contributed by atoms with E-state index in [4.69, 9.17) is 10.5 Å². The Morgan fingerprint density at radius 3 is 2.95 bits per heavy atom. The van der Waals surface area contributed by atoms with Crippen LogP contribution in [0.4, 0.5) is 17.1 Å². The fraction of sp³-hybridized carbons (Fsp3) is 0.0667. The second-order valence-corrected chi connectivity index (χ2v) is 5.23. The third kappa shape index (κ3) is 2.24. The Labute approximate surface area is 125 Å². The highest BCUT2D eigenvalue weighted by molar-refractivity contribution is 7.16. The van der Waals surface area contributed by atoms with E-state index < -0.39 is 0 Å². The quantitative estimate of drug-likeness (QED) is 0.723. The molecule has 0 unspecified atom stereocenters. The summed E-state index contributed by atoms with van der Waals surface area (Å²) in [5, 5.41) is 12.4. The highest BCUT2D eigenvalue weighted by atomic mass is 32.1. The van der Waals surface area contributed by atoms with E-state index in [-0.39, 0.29) is 0 Å². The molecule has 3 N–H and O–H groups in total. The lowest BCUT2D eigenvalue weighted by molar-refractivity contribution is 0.416.